The lowest BCUT2D eigenvalue weighted by molar-refractivity contribution is -0.114. The summed E-state index contributed by atoms with van der Waals surface area (Å²) in [4.78, 5) is 35.9. The number of nitrogens with one attached hydrogen (secondary N) is 2. The van der Waals surface area contributed by atoms with Gasteiger partial charge in [-0.25, -0.2) is 10.2 Å². The Balaban J connectivity index is 1.68. The molecule has 0 heterocycles. The van der Waals surface area contributed by atoms with Crippen molar-refractivity contribution in [2.75, 3.05) is 12.4 Å². The first-order valence-electron chi connectivity index (χ1n) is 9.72. The van der Waals surface area contributed by atoms with E-state index in [1.165, 1.54) is 13.1 Å². The summed E-state index contributed by atoms with van der Waals surface area (Å²) in [5.74, 6) is -0.278. The molecular weight excluding hydrogens is 490 g/mol. The molecule has 33 heavy (non-hydrogen) atoms. The Bertz CT molecular complexity index is 1190. The van der Waals surface area contributed by atoms with E-state index in [9.17, 15) is 14.4 Å². The van der Waals surface area contributed by atoms with Crippen LogP contribution >= 0.6 is 15.9 Å². The van der Waals surface area contributed by atoms with Gasteiger partial charge < -0.3 is 14.8 Å². The molecule has 0 spiro atoms. The van der Waals surface area contributed by atoms with Crippen LogP contribution in [0, 0.1) is 0 Å². The van der Waals surface area contributed by atoms with E-state index in [1.807, 2.05) is 0 Å². The van der Waals surface area contributed by atoms with Crippen LogP contribution in [0.3, 0.4) is 0 Å². The molecule has 2 N–H and O–H groups in total. The largest absolute Gasteiger partial charge is 0.497 e. The Labute approximate surface area is 198 Å². The number of halogens is 1. The van der Waals surface area contributed by atoms with Crippen LogP contribution in [0.2, 0.25) is 0 Å². The molecule has 0 aromatic heterocycles. The van der Waals surface area contributed by atoms with E-state index < -0.39 is 11.9 Å². The molecule has 168 valence electrons. The number of benzene rings is 3. The van der Waals surface area contributed by atoms with Gasteiger partial charge >= 0.3 is 5.97 Å². The number of carbonyl (C=O) groups is 3. The van der Waals surface area contributed by atoms with Crippen molar-refractivity contribution >= 4 is 45.6 Å². The van der Waals surface area contributed by atoms with Crippen LogP contribution in [0.25, 0.3) is 0 Å². The van der Waals surface area contributed by atoms with Gasteiger partial charge in [0.25, 0.3) is 5.91 Å². The molecule has 0 aliphatic heterocycles. The first kappa shape index (κ1) is 23.7. The number of hydrazone groups is 1. The molecule has 0 unspecified atom stereocenters. The number of carbonyl (C=O) groups excluding carboxylic acids is 3. The summed E-state index contributed by atoms with van der Waals surface area (Å²) in [6.07, 6.45) is 1.38. The number of nitrogens with zero attached hydrogens (tertiary/aromatic N) is 1. The average molecular weight is 510 g/mol. The van der Waals surface area contributed by atoms with Gasteiger partial charge in [0.2, 0.25) is 5.91 Å². The fraction of sp³-hybridized carbons (Fsp3) is 0.0833. The molecule has 0 fully saturated rings. The predicted molar refractivity (Wildman–Crippen MR) is 128 cm³/mol. The van der Waals surface area contributed by atoms with Crippen LogP contribution in [0.1, 0.15) is 33.2 Å². The Morgan fingerprint density at radius 2 is 1.61 bits per heavy atom. The van der Waals surface area contributed by atoms with Crippen LogP contribution in [0.5, 0.6) is 11.5 Å². The summed E-state index contributed by atoms with van der Waals surface area (Å²) in [6, 6.07) is 18.0. The van der Waals surface area contributed by atoms with E-state index in [2.05, 4.69) is 31.8 Å². The zero-order valence-electron chi connectivity index (χ0n) is 17.8. The van der Waals surface area contributed by atoms with Crippen LogP contribution < -0.4 is 20.2 Å². The normalized spacial score (nSPS) is 10.5. The number of esters is 1. The average Bonchev–Trinajstić information content (AvgIpc) is 2.80. The van der Waals surface area contributed by atoms with E-state index in [-0.39, 0.29) is 11.7 Å². The van der Waals surface area contributed by atoms with Crippen LogP contribution in [-0.2, 0) is 4.79 Å². The predicted octanol–water partition coefficient (Wildman–Crippen LogP) is 4.40. The third kappa shape index (κ3) is 6.75. The minimum absolute atomic E-state index is 0.200. The quantitative estimate of drug-likeness (QED) is 0.212. The molecule has 9 heteroatoms. The first-order chi connectivity index (χ1) is 15.9. The van der Waals surface area contributed by atoms with Crippen LogP contribution in [0.4, 0.5) is 5.69 Å². The van der Waals surface area contributed by atoms with Crippen molar-refractivity contribution < 1.29 is 23.9 Å². The molecule has 0 saturated carbocycles. The van der Waals surface area contributed by atoms with Gasteiger partial charge in [-0.15, -0.1) is 0 Å². The molecule has 0 bridgehead atoms. The van der Waals surface area contributed by atoms with E-state index in [1.54, 1.807) is 73.8 Å². The molecule has 8 nitrogen and oxygen atoms in total. The highest BCUT2D eigenvalue weighted by Crippen LogP contribution is 2.23. The summed E-state index contributed by atoms with van der Waals surface area (Å²) < 4.78 is 11.3. The molecule has 3 rings (SSSR count). The number of rotatable bonds is 7. The number of anilines is 1. The number of hydrogen-bond acceptors (Lipinski definition) is 6. The van der Waals surface area contributed by atoms with Gasteiger partial charge in [0, 0.05) is 28.2 Å². The Morgan fingerprint density at radius 1 is 0.939 bits per heavy atom. The lowest BCUT2D eigenvalue weighted by atomic mass is 10.2. The highest BCUT2D eigenvalue weighted by molar-refractivity contribution is 9.10. The number of ether oxygens (including phenoxy) is 2. The van der Waals surface area contributed by atoms with Gasteiger partial charge in [-0.1, -0.05) is 15.9 Å². The third-order valence-corrected chi connectivity index (χ3v) is 4.83. The van der Waals surface area contributed by atoms with Crippen molar-refractivity contribution in [2.45, 2.75) is 6.92 Å². The summed E-state index contributed by atoms with van der Waals surface area (Å²) in [5.41, 5.74) is 4.21. The van der Waals surface area contributed by atoms with Crippen LogP contribution in [-0.4, -0.2) is 31.1 Å². The topological polar surface area (TPSA) is 106 Å². The van der Waals surface area contributed by atoms with Crippen molar-refractivity contribution in [2.24, 2.45) is 5.10 Å². The summed E-state index contributed by atoms with van der Waals surface area (Å²) >= 11 is 3.37. The lowest BCUT2D eigenvalue weighted by Gasteiger charge is -2.09. The first-order valence-corrected chi connectivity index (χ1v) is 10.5. The van der Waals surface area contributed by atoms with E-state index in [0.717, 1.165) is 4.47 Å². The number of amides is 2. The maximum atomic E-state index is 12.5. The second kappa shape index (κ2) is 11.1. The van der Waals surface area contributed by atoms with Gasteiger partial charge in [-0.05, 0) is 66.7 Å². The molecule has 2 amide bonds. The zero-order valence-corrected chi connectivity index (χ0v) is 19.4. The standard InChI is InChI=1S/C24H20BrN3O5/c1-15(29)27-20-8-3-16(4-9-20)23(30)28-26-14-18-13-19(25)7-12-22(18)33-24(31)17-5-10-21(32-2)11-6-17/h3-14H,1-2H3,(H,27,29)(H,28,30)/b26-14-. The number of methoxy groups -OCH3 is 1. The monoisotopic (exact) mass is 509 g/mol. The zero-order chi connectivity index (χ0) is 23.8. The molecule has 0 atom stereocenters. The Kier molecular flexibility index (Phi) is 7.93. The summed E-state index contributed by atoms with van der Waals surface area (Å²) in [6.45, 7) is 1.40. The molecule has 3 aromatic rings. The highest BCUT2D eigenvalue weighted by Gasteiger charge is 2.12. The summed E-state index contributed by atoms with van der Waals surface area (Å²) in [7, 11) is 1.54. The summed E-state index contributed by atoms with van der Waals surface area (Å²) in [5, 5.41) is 6.60. The molecule has 0 aliphatic carbocycles. The van der Waals surface area contributed by atoms with Gasteiger partial charge in [0.05, 0.1) is 18.9 Å². The maximum absolute atomic E-state index is 12.5. The SMILES string of the molecule is COc1ccc(C(=O)Oc2ccc(Br)cc2/C=N\NC(=O)c2ccc(NC(C)=O)cc2)cc1. The smallest absolute Gasteiger partial charge is 0.343 e. The van der Waals surface area contributed by atoms with E-state index >= 15 is 0 Å². The van der Waals surface area contributed by atoms with E-state index in [4.69, 9.17) is 9.47 Å². The fourth-order valence-electron chi connectivity index (χ4n) is 2.73. The van der Waals surface area contributed by atoms with Crippen molar-refractivity contribution in [3.05, 3.63) is 87.9 Å². The minimum Gasteiger partial charge on any atom is -0.497 e. The molecule has 0 saturated heterocycles. The maximum Gasteiger partial charge on any atom is 0.343 e. The number of hydrogen-bond donors (Lipinski definition) is 2. The van der Waals surface area contributed by atoms with Crippen molar-refractivity contribution in [3.63, 3.8) is 0 Å². The van der Waals surface area contributed by atoms with E-state index in [0.29, 0.717) is 28.1 Å². The minimum atomic E-state index is -0.544. The van der Waals surface area contributed by atoms with Crippen LogP contribution in [0.15, 0.2) is 76.3 Å². The van der Waals surface area contributed by atoms with Crippen molar-refractivity contribution in [3.8, 4) is 11.5 Å². The van der Waals surface area contributed by atoms with Gasteiger partial charge in [0.15, 0.2) is 0 Å². The van der Waals surface area contributed by atoms with Crippen molar-refractivity contribution in [1.29, 1.82) is 0 Å². The molecule has 0 aliphatic rings. The highest BCUT2D eigenvalue weighted by atomic mass is 79.9. The fourth-order valence-corrected chi connectivity index (χ4v) is 3.11. The third-order valence-electron chi connectivity index (χ3n) is 4.34. The van der Waals surface area contributed by atoms with Gasteiger partial charge in [-0.2, -0.15) is 5.10 Å². The molecule has 0 radical (unpaired) electrons. The second-order valence-corrected chi connectivity index (χ2v) is 7.67. The van der Waals surface area contributed by atoms with Crippen molar-refractivity contribution in [1.82, 2.24) is 5.43 Å². The van der Waals surface area contributed by atoms with Gasteiger partial charge in [0.1, 0.15) is 11.5 Å². The Hall–Kier alpha value is -3.98. The Morgan fingerprint density at radius 3 is 2.24 bits per heavy atom. The van der Waals surface area contributed by atoms with Gasteiger partial charge in [-0.3, -0.25) is 9.59 Å². The molecule has 3 aromatic carbocycles. The lowest BCUT2D eigenvalue weighted by Crippen LogP contribution is -2.18. The molecular formula is C24H20BrN3O5. The second-order valence-electron chi connectivity index (χ2n) is 6.76.